The fourth-order valence-electron chi connectivity index (χ4n) is 4.95. The van der Waals surface area contributed by atoms with Crippen LogP contribution in [-0.2, 0) is 0 Å². The molecule has 0 spiro atoms. The molecule has 0 bridgehead atoms. The zero-order chi connectivity index (χ0) is 14.4. The molecule has 4 atom stereocenters. The molecular formula is C20H24Si. The number of hydrogen-bond donors (Lipinski definition) is 0. The van der Waals surface area contributed by atoms with Crippen LogP contribution in [0.5, 0.6) is 0 Å². The standard InChI is InChI=1S/C20H24Si/c1-21(2,19-13-11-15-7-3-5-9-17(15)19)20-14-12-16-8-4-6-10-18(16)20/h3-11,13,16,18-20H,12,14H2,1-2H3. The van der Waals surface area contributed by atoms with Crippen molar-refractivity contribution in [2.24, 2.45) is 11.8 Å². The van der Waals surface area contributed by atoms with Gasteiger partial charge in [0.2, 0.25) is 0 Å². The summed E-state index contributed by atoms with van der Waals surface area (Å²) < 4.78 is 0. The van der Waals surface area contributed by atoms with E-state index in [2.05, 4.69) is 73.8 Å². The van der Waals surface area contributed by atoms with Crippen LogP contribution >= 0.6 is 0 Å². The highest BCUT2D eigenvalue weighted by molar-refractivity contribution is 6.81. The van der Waals surface area contributed by atoms with Gasteiger partial charge in [0.15, 0.2) is 0 Å². The molecule has 0 aromatic heterocycles. The Morgan fingerprint density at radius 3 is 2.67 bits per heavy atom. The Kier molecular flexibility index (Phi) is 3.07. The van der Waals surface area contributed by atoms with Crippen LogP contribution in [0.2, 0.25) is 18.6 Å². The van der Waals surface area contributed by atoms with Gasteiger partial charge in [0.05, 0.1) is 8.07 Å². The monoisotopic (exact) mass is 292 g/mol. The Balaban J connectivity index is 1.67. The number of fused-ring (bicyclic) bond motifs is 2. The molecule has 1 heteroatoms. The molecule has 1 aromatic carbocycles. The van der Waals surface area contributed by atoms with E-state index in [-0.39, 0.29) is 0 Å². The predicted molar refractivity (Wildman–Crippen MR) is 93.9 cm³/mol. The lowest BCUT2D eigenvalue weighted by atomic mass is 9.92. The quantitative estimate of drug-likeness (QED) is 0.625. The van der Waals surface area contributed by atoms with E-state index in [9.17, 15) is 0 Å². The van der Waals surface area contributed by atoms with E-state index in [1.807, 2.05) is 0 Å². The molecule has 0 nitrogen and oxygen atoms in total. The van der Waals surface area contributed by atoms with Gasteiger partial charge >= 0.3 is 0 Å². The fraction of sp³-hybridized carbons (Fsp3) is 0.400. The smallest absolute Gasteiger partial charge is 0.0633 e. The van der Waals surface area contributed by atoms with Crippen LogP contribution in [0, 0.1) is 11.8 Å². The van der Waals surface area contributed by atoms with E-state index in [1.165, 1.54) is 18.4 Å². The number of rotatable bonds is 2. The van der Waals surface area contributed by atoms with Crippen molar-refractivity contribution in [3.8, 4) is 0 Å². The Labute approximate surface area is 129 Å². The number of benzene rings is 1. The van der Waals surface area contributed by atoms with Crippen molar-refractivity contribution in [2.75, 3.05) is 0 Å². The topological polar surface area (TPSA) is 0 Å². The zero-order valence-electron chi connectivity index (χ0n) is 13.0. The second-order valence-corrected chi connectivity index (χ2v) is 12.5. The van der Waals surface area contributed by atoms with Crippen molar-refractivity contribution in [1.29, 1.82) is 0 Å². The van der Waals surface area contributed by atoms with Crippen molar-refractivity contribution in [2.45, 2.75) is 37.0 Å². The van der Waals surface area contributed by atoms with Crippen molar-refractivity contribution >= 4 is 14.1 Å². The van der Waals surface area contributed by atoms with Crippen LogP contribution in [0.3, 0.4) is 0 Å². The third-order valence-electron chi connectivity index (χ3n) is 6.13. The van der Waals surface area contributed by atoms with Crippen molar-refractivity contribution < 1.29 is 0 Å². The van der Waals surface area contributed by atoms with Crippen LogP contribution < -0.4 is 0 Å². The van der Waals surface area contributed by atoms with E-state index in [0.29, 0.717) is 5.54 Å². The lowest BCUT2D eigenvalue weighted by Crippen LogP contribution is -2.41. The average molecular weight is 292 g/mol. The summed E-state index contributed by atoms with van der Waals surface area (Å²) in [6, 6.07) is 9.01. The second-order valence-electron chi connectivity index (χ2n) is 7.48. The molecule has 0 saturated heterocycles. The minimum absolute atomic E-state index is 0.705. The molecule has 0 aliphatic heterocycles. The minimum Gasteiger partial charge on any atom is -0.0808 e. The zero-order valence-corrected chi connectivity index (χ0v) is 14.0. The van der Waals surface area contributed by atoms with Crippen LogP contribution in [0.25, 0.3) is 6.08 Å². The van der Waals surface area contributed by atoms with E-state index in [0.717, 1.165) is 17.4 Å². The van der Waals surface area contributed by atoms with Crippen LogP contribution in [-0.4, -0.2) is 8.07 Å². The van der Waals surface area contributed by atoms with E-state index >= 15 is 0 Å². The molecule has 0 N–H and O–H groups in total. The molecule has 1 saturated carbocycles. The van der Waals surface area contributed by atoms with Gasteiger partial charge in [0.25, 0.3) is 0 Å². The Morgan fingerprint density at radius 1 is 0.952 bits per heavy atom. The van der Waals surface area contributed by atoms with Crippen molar-refractivity contribution in [1.82, 2.24) is 0 Å². The molecule has 1 fully saturated rings. The summed E-state index contributed by atoms with van der Waals surface area (Å²) in [7, 11) is -1.37. The summed E-state index contributed by atoms with van der Waals surface area (Å²) in [4.78, 5) is 0. The Hall–Kier alpha value is -1.34. The molecule has 4 unspecified atom stereocenters. The van der Waals surface area contributed by atoms with Gasteiger partial charge in [-0.15, -0.1) is 0 Å². The first-order chi connectivity index (χ1) is 10.2. The lowest BCUT2D eigenvalue weighted by Gasteiger charge is -2.39. The molecule has 3 aliphatic rings. The summed E-state index contributed by atoms with van der Waals surface area (Å²) in [5.41, 5.74) is 4.67. The Bertz CT molecular complexity index is 635. The maximum atomic E-state index is 2.63. The molecule has 4 rings (SSSR count). The summed E-state index contributed by atoms with van der Waals surface area (Å²) in [6.07, 6.45) is 17.2. The van der Waals surface area contributed by atoms with E-state index in [4.69, 9.17) is 0 Å². The first kappa shape index (κ1) is 13.3. The molecule has 0 amide bonds. The molecule has 1 aromatic rings. The molecule has 3 aliphatic carbocycles. The van der Waals surface area contributed by atoms with Crippen LogP contribution in [0.4, 0.5) is 0 Å². The summed E-state index contributed by atoms with van der Waals surface area (Å²) in [5, 5.41) is 0. The second kappa shape index (κ2) is 4.84. The van der Waals surface area contributed by atoms with Gasteiger partial charge in [0, 0.05) is 0 Å². The van der Waals surface area contributed by atoms with Gasteiger partial charge in [-0.05, 0) is 40.5 Å². The van der Waals surface area contributed by atoms with Crippen LogP contribution in [0.15, 0.2) is 54.6 Å². The summed E-state index contributed by atoms with van der Waals surface area (Å²) in [6.45, 7) is 5.26. The van der Waals surface area contributed by atoms with Crippen molar-refractivity contribution in [3.63, 3.8) is 0 Å². The van der Waals surface area contributed by atoms with Crippen molar-refractivity contribution in [3.05, 3.63) is 65.8 Å². The minimum atomic E-state index is -1.37. The first-order valence-corrected chi connectivity index (χ1v) is 11.5. The molecule has 21 heavy (non-hydrogen) atoms. The molecule has 0 heterocycles. The summed E-state index contributed by atoms with van der Waals surface area (Å²) in [5.74, 6) is 1.62. The van der Waals surface area contributed by atoms with Gasteiger partial charge in [0.1, 0.15) is 0 Å². The SMILES string of the molecule is C[Si](C)(C1C=Cc2ccccc21)C1CCC2C=CC=CC21. The lowest BCUT2D eigenvalue weighted by molar-refractivity contribution is 0.543. The predicted octanol–water partition coefficient (Wildman–Crippen LogP) is 5.57. The Morgan fingerprint density at radius 2 is 1.76 bits per heavy atom. The van der Waals surface area contributed by atoms with Crippen LogP contribution in [0.1, 0.15) is 29.5 Å². The highest BCUT2D eigenvalue weighted by Gasteiger charge is 2.48. The van der Waals surface area contributed by atoms with Gasteiger partial charge < -0.3 is 0 Å². The fourth-order valence-corrected chi connectivity index (χ4v) is 9.33. The largest absolute Gasteiger partial charge is 0.0808 e. The third-order valence-corrected chi connectivity index (χ3v) is 10.8. The first-order valence-electron chi connectivity index (χ1n) is 8.30. The third kappa shape index (κ3) is 2.02. The highest BCUT2D eigenvalue weighted by Crippen LogP contribution is 2.54. The van der Waals surface area contributed by atoms with E-state index in [1.54, 1.807) is 5.56 Å². The number of allylic oxidation sites excluding steroid dienone is 5. The molecular weight excluding hydrogens is 268 g/mol. The highest BCUT2D eigenvalue weighted by atomic mass is 28.3. The maximum Gasteiger partial charge on any atom is 0.0633 e. The normalized spacial score (nSPS) is 33.2. The average Bonchev–Trinajstić information content (AvgIpc) is 3.12. The summed E-state index contributed by atoms with van der Waals surface area (Å²) >= 11 is 0. The molecule has 0 radical (unpaired) electrons. The maximum absolute atomic E-state index is 2.63. The van der Waals surface area contributed by atoms with Gasteiger partial charge in [-0.1, -0.05) is 80.2 Å². The number of hydrogen-bond acceptors (Lipinski definition) is 0. The van der Waals surface area contributed by atoms with E-state index < -0.39 is 8.07 Å². The molecule has 108 valence electrons. The van der Waals surface area contributed by atoms with Gasteiger partial charge in [-0.25, -0.2) is 0 Å². The van der Waals surface area contributed by atoms with Gasteiger partial charge in [-0.2, -0.15) is 0 Å². The van der Waals surface area contributed by atoms with Gasteiger partial charge in [-0.3, -0.25) is 0 Å².